The number of amides is 1. The number of nitro benzene ring substituents is 1. The van der Waals surface area contributed by atoms with Crippen LogP contribution in [0.5, 0.6) is 0 Å². The van der Waals surface area contributed by atoms with Crippen LogP contribution in [0.15, 0.2) is 47.4 Å². The lowest BCUT2D eigenvalue weighted by Gasteiger charge is -2.07. The average Bonchev–Trinajstić information content (AvgIpc) is 2.65. The molecule has 0 aromatic heterocycles. The third kappa shape index (κ3) is 4.91. The minimum Gasteiger partial charge on any atom is -0.355 e. The number of carbonyl (C=O) groups is 1. The molecule has 2 aromatic carbocycles. The zero-order chi connectivity index (χ0) is 20.0. The highest BCUT2D eigenvalue weighted by Crippen LogP contribution is 2.21. The van der Waals surface area contributed by atoms with E-state index in [2.05, 4.69) is 21.9 Å². The largest absolute Gasteiger partial charge is 0.355 e. The molecular formula is C18H17N3O5S. The summed E-state index contributed by atoms with van der Waals surface area (Å²) < 4.78 is 27.1. The van der Waals surface area contributed by atoms with Crippen molar-refractivity contribution in [1.82, 2.24) is 10.0 Å². The highest BCUT2D eigenvalue weighted by atomic mass is 32.2. The first kappa shape index (κ1) is 20.1. The van der Waals surface area contributed by atoms with Crippen LogP contribution < -0.4 is 10.0 Å². The van der Waals surface area contributed by atoms with E-state index >= 15 is 0 Å². The van der Waals surface area contributed by atoms with Gasteiger partial charge in [-0.2, -0.15) is 4.72 Å². The molecule has 0 aliphatic rings. The van der Waals surface area contributed by atoms with Crippen molar-refractivity contribution in [1.29, 1.82) is 0 Å². The number of benzene rings is 2. The monoisotopic (exact) mass is 387 g/mol. The maximum Gasteiger partial charge on any atom is 0.270 e. The van der Waals surface area contributed by atoms with Gasteiger partial charge in [0.05, 0.1) is 21.9 Å². The maximum atomic E-state index is 12.4. The molecule has 1 amide bonds. The van der Waals surface area contributed by atoms with Gasteiger partial charge in [0.15, 0.2) is 0 Å². The Bertz CT molecular complexity index is 1050. The van der Waals surface area contributed by atoms with Gasteiger partial charge >= 0.3 is 0 Å². The molecule has 0 spiro atoms. The van der Waals surface area contributed by atoms with Crippen molar-refractivity contribution in [2.24, 2.45) is 0 Å². The zero-order valence-corrected chi connectivity index (χ0v) is 15.5. The van der Waals surface area contributed by atoms with Gasteiger partial charge in [0.1, 0.15) is 0 Å². The van der Waals surface area contributed by atoms with Crippen LogP contribution in [0.4, 0.5) is 5.69 Å². The SMILES string of the molecule is CNC(=O)c1ccccc1C#CCNS(=O)(=O)c1cc([N+](=O)[O-])ccc1C. The Kier molecular flexibility index (Phi) is 6.28. The molecular weight excluding hydrogens is 370 g/mol. The molecule has 0 saturated carbocycles. The second kappa shape index (κ2) is 8.44. The highest BCUT2D eigenvalue weighted by molar-refractivity contribution is 7.89. The fourth-order valence-electron chi connectivity index (χ4n) is 2.26. The summed E-state index contributed by atoms with van der Waals surface area (Å²) in [4.78, 5) is 21.8. The lowest BCUT2D eigenvalue weighted by molar-refractivity contribution is -0.385. The van der Waals surface area contributed by atoms with Crippen molar-refractivity contribution in [2.45, 2.75) is 11.8 Å². The molecule has 2 N–H and O–H groups in total. The molecule has 9 heteroatoms. The Balaban J connectivity index is 2.20. The van der Waals surface area contributed by atoms with Crippen molar-refractivity contribution in [2.75, 3.05) is 13.6 Å². The van der Waals surface area contributed by atoms with Gasteiger partial charge in [0.25, 0.3) is 11.6 Å². The Morgan fingerprint density at radius 2 is 1.93 bits per heavy atom. The summed E-state index contributed by atoms with van der Waals surface area (Å²) in [6, 6.07) is 10.3. The van der Waals surface area contributed by atoms with E-state index in [9.17, 15) is 23.3 Å². The third-order valence-corrected chi connectivity index (χ3v) is 5.19. The summed E-state index contributed by atoms with van der Waals surface area (Å²) in [6.45, 7) is 1.33. The molecule has 0 fully saturated rings. The van der Waals surface area contributed by atoms with Gasteiger partial charge in [-0.3, -0.25) is 14.9 Å². The van der Waals surface area contributed by atoms with E-state index in [1.807, 2.05) is 0 Å². The van der Waals surface area contributed by atoms with Gasteiger partial charge in [-0.1, -0.05) is 30.0 Å². The lowest BCUT2D eigenvalue weighted by atomic mass is 10.1. The molecule has 0 unspecified atom stereocenters. The van der Waals surface area contributed by atoms with Crippen molar-refractivity contribution in [3.63, 3.8) is 0 Å². The molecule has 0 atom stereocenters. The van der Waals surface area contributed by atoms with Crippen molar-refractivity contribution < 1.29 is 18.1 Å². The first-order valence-corrected chi connectivity index (χ1v) is 9.29. The van der Waals surface area contributed by atoms with Crippen molar-refractivity contribution in [3.05, 3.63) is 69.3 Å². The van der Waals surface area contributed by atoms with Gasteiger partial charge in [-0.15, -0.1) is 0 Å². The number of sulfonamides is 1. The second-order valence-electron chi connectivity index (χ2n) is 5.46. The van der Waals surface area contributed by atoms with Crippen LogP contribution in [0.2, 0.25) is 0 Å². The Labute approximate surface area is 156 Å². The molecule has 0 radical (unpaired) electrons. The van der Waals surface area contributed by atoms with Crippen LogP contribution in [0.1, 0.15) is 21.5 Å². The normalized spacial score (nSPS) is 10.6. The number of carbonyl (C=O) groups excluding carboxylic acids is 1. The summed E-state index contributed by atoms with van der Waals surface area (Å²) in [6.07, 6.45) is 0. The van der Waals surface area contributed by atoms with E-state index in [1.165, 1.54) is 19.2 Å². The van der Waals surface area contributed by atoms with E-state index in [0.717, 1.165) is 6.07 Å². The highest BCUT2D eigenvalue weighted by Gasteiger charge is 2.19. The van der Waals surface area contributed by atoms with Crippen molar-refractivity contribution >= 4 is 21.6 Å². The number of nitrogens with zero attached hydrogens (tertiary/aromatic N) is 1. The van der Waals surface area contributed by atoms with Gasteiger partial charge in [-0.25, -0.2) is 8.42 Å². The number of hydrogen-bond acceptors (Lipinski definition) is 5. The first-order chi connectivity index (χ1) is 12.8. The van der Waals surface area contributed by atoms with Crippen LogP contribution in [-0.2, 0) is 10.0 Å². The standard InChI is InChI=1S/C18H17N3O5S/c1-13-9-10-15(21(23)24)12-17(13)27(25,26)20-11-5-7-14-6-3-4-8-16(14)18(22)19-2/h3-4,6,8-10,12,20H,11H2,1-2H3,(H,19,22). The van der Waals surface area contributed by atoms with Gasteiger partial charge in [0.2, 0.25) is 10.0 Å². The minimum absolute atomic E-state index is 0.177. The minimum atomic E-state index is -3.97. The van der Waals surface area contributed by atoms with E-state index in [4.69, 9.17) is 0 Å². The molecule has 0 heterocycles. The number of non-ortho nitro benzene ring substituents is 1. The summed E-state index contributed by atoms with van der Waals surface area (Å²) in [7, 11) is -2.47. The topological polar surface area (TPSA) is 118 Å². The van der Waals surface area contributed by atoms with Gasteiger partial charge < -0.3 is 5.32 Å². The maximum absolute atomic E-state index is 12.4. The third-order valence-electron chi connectivity index (χ3n) is 3.64. The van der Waals surface area contributed by atoms with Crippen LogP contribution in [0.3, 0.4) is 0 Å². The van der Waals surface area contributed by atoms with Gasteiger partial charge in [0, 0.05) is 24.7 Å². The molecule has 2 aromatic rings. The Morgan fingerprint density at radius 3 is 2.59 bits per heavy atom. The predicted molar refractivity (Wildman–Crippen MR) is 99.7 cm³/mol. The molecule has 0 saturated heterocycles. The van der Waals surface area contributed by atoms with Crippen LogP contribution in [0.25, 0.3) is 0 Å². The number of hydrogen-bond donors (Lipinski definition) is 2. The molecule has 27 heavy (non-hydrogen) atoms. The molecule has 0 bridgehead atoms. The number of nitro groups is 1. The summed E-state index contributed by atoms with van der Waals surface area (Å²) in [5.74, 6) is 5.10. The van der Waals surface area contributed by atoms with E-state index in [0.29, 0.717) is 16.7 Å². The number of aryl methyl sites for hydroxylation is 1. The average molecular weight is 387 g/mol. The molecule has 2 rings (SSSR count). The van der Waals surface area contributed by atoms with E-state index in [-0.39, 0.29) is 23.0 Å². The Hall–Kier alpha value is -3.22. The predicted octanol–water partition coefficient (Wildman–Crippen LogP) is 1.59. The molecule has 0 aliphatic carbocycles. The Morgan fingerprint density at radius 1 is 1.22 bits per heavy atom. The van der Waals surface area contributed by atoms with E-state index in [1.54, 1.807) is 31.2 Å². The molecule has 8 nitrogen and oxygen atoms in total. The first-order valence-electron chi connectivity index (χ1n) is 7.81. The number of rotatable bonds is 5. The zero-order valence-electron chi connectivity index (χ0n) is 14.6. The van der Waals surface area contributed by atoms with Gasteiger partial charge in [-0.05, 0) is 24.6 Å². The second-order valence-corrected chi connectivity index (χ2v) is 7.19. The molecule has 0 aliphatic heterocycles. The quantitative estimate of drug-likeness (QED) is 0.459. The smallest absolute Gasteiger partial charge is 0.270 e. The fourth-order valence-corrected chi connectivity index (χ4v) is 3.45. The van der Waals surface area contributed by atoms with Crippen molar-refractivity contribution in [3.8, 4) is 11.8 Å². The summed E-state index contributed by atoms with van der Waals surface area (Å²) in [5.41, 5.74) is 0.907. The summed E-state index contributed by atoms with van der Waals surface area (Å²) in [5, 5.41) is 13.4. The van der Waals surface area contributed by atoms with Crippen LogP contribution >= 0.6 is 0 Å². The molecule has 140 valence electrons. The summed E-state index contributed by atoms with van der Waals surface area (Å²) >= 11 is 0. The fraction of sp³-hybridized carbons (Fsp3) is 0.167. The van der Waals surface area contributed by atoms with Crippen LogP contribution in [-0.4, -0.2) is 32.8 Å². The van der Waals surface area contributed by atoms with Crippen LogP contribution in [0, 0.1) is 28.9 Å². The van der Waals surface area contributed by atoms with E-state index < -0.39 is 14.9 Å². The lowest BCUT2D eigenvalue weighted by Crippen LogP contribution is -2.25. The number of nitrogens with one attached hydrogen (secondary N) is 2.